The Labute approximate surface area is 148 Å². The molecule has 1 amide bonds. The Kier molecular flexibility index (Phi) is 6.14. The Morgan fingerprint density at radius 1 is 1.20 bits per heavy atom. The Morgan fingerprint density at radius 3 is 2.60 bits per heavy atom. The lowest BCUT2D eigenvalue weighted by Crippen LogP contribution is -2.38. The van der Waals surface area contributed by atoms with Gasteiger partial charge in [0.2, 0.25) is 5.91 Å². The van der Waals surface area contributed by atoms with Gasteiger partial charge < -0.3 is 10.1 Å². The molecule has 0 saturated heterocycles. The molecule has 0 saturated carbocycles. The van der Waals surface area contributed by atoms with Gasteiger partial charge in [0.1, 0.15) is 17.6 Å². The fourth-order valence-corrected chi connectivity index (χ4v) is 2.58. The van der Waals surface area contributed by atoms with Crippen molar-refractivity contribution in [2.45, 2.75) is 31.7 Å². The van der Waals surface area contributed by atoms with Crippen LogP contribution in [0.25, 0.3) is 0 Å². The zero-order valence-electron chi connectivity index (χ0n) is 14.5. The van der Waals surface area contributed by atoms with Crippen LogP contribution in [0.5, 0.6) is 5.75 Å². The summed E-state index contributed by atoms with van der Waals surface area (Å²) >= 11 is 0. The molecule has 2 rings (SSSR count). The van der Waals surface area contributed by atoms with E-state index in [2.05, 4.69) is 10.3 Å². The van der Waals surface area contributed by atoms with Crippen LogP contribution in [0, 0.1) is 0 Å². The molecule has 0 spiro atoms. The van der Waals surface area contributed by atoms with Crippen LogP contribution in [0.3, 0.4) is 0 Å². The fraction of sp³-hybridized carbons (Fsp3) is 0.333. The summed E-state index contributed by atoms with van der Waals surface area (Å²) in [6.45, 7) is 3.52. The van der Waals surface area contributed by atoms with E-state index in [-0.39, 0.29) is 6.04 Å². The number of rotatable bonds is 7. The van der Waals surface area contributed by atoms with Crippen LogP contribution in [-0.2, 0) is 21.2 Å². The Morgan fingerprint density at radius 2 is 1.96 bits per heavy atom. The lowest BCUT2D eigenvalue weighted by molar-refractivity contribution is -0.121. The van der Waals surface area contributed by atoms with Gasteiger partial charge in [0.05, 0.1) is 11.7 Å². The quantitative estimate of drug-likeness (QED) is 0.817. The van der Waals surface area contributed by atoms with E-state index in [4.69, 9.17) is 4.74 Å². The normalized spacial score (nSPS) is 13.7. The maximum Gasteiger partial charge on any atom is 0.238 e. The molecule has 0 aliphatic carbocycles. The van der Waals surface area contributed by atoms with Crippen LogP contribution in [-0.4, -0.2) is 30.8 Å². The Bertz CT molecular complexity index is 822. The van der Waals surface area contributed by atoms with Crippen LogP contribution in [0.15, 0.2) is 48.7 Å². The molecule has 0 aliphatic rings. The van der Waals surface area contributed by atoms with E-state index in [1.54, 1.807) is 13.1 Å². The average molecular weight is 362 g/mol. The van der Waals surface area contributed by atoms with E-state index in [1.165, 1.54) is 6.92 Å². The maximum atomic E-state index is 12.0. The first-order valence-corrected chi connectivity index (χ1v) is 9.84. The van der Waals surface area contributed by atoms with Crippen molar-refractivity contribution in [1.82, 2.24) is 10.3 Å². The summed E-state index contributed by atoms with van der Waals surface area (Å²) in [6, 6.07) is 12.6. The number of nitrogens with zero attached hydrogens (tertiary/aromatic N) is 1. The predicted molar refractivity (Wildman–Crippen MR) is 95.9 cm³/mol. The van der Waals surface area contributed by atoms with Gasteiger partial charge in [0.25, 0.3) is 0 Å². The average Bonchev–Trinajstić information content (AvgIpc) is 2.59. The second kappa shape index (κ2) is 8.11. The monoisotopic (exact) mass is 362 g/mol. The standard InChI is InChI=1S/C18H22N2O4S/c1-13(20-18(21)14(2)25(3,22)23)15-7-6-9-17(11-15)24-12-16-8-4-5-10-19-16/h4-11,13-14H,12H2,1-3H3,(H,20,21)/t13-,14-/m1/s1. The van der Waals surface area contributed by atoms with E-state index in [1.807, 2.05) is 42.5 Å². The number of sulfone groups is 1. The van der Waals surface area contributed by atoms with Gasteiger partial charge in [-0.3, -0.25) is 9.78 Å². The van der Waals surface area contributed by atoms with Crippen LogP contribution >= 0.6 is 0 Å². The van der Waals surface area contributed by atoms with E-state index in [0.29, 0.717) is 12.4 Å². The number of nitrogens with one attached hydrogen (secondary N) is 1. The molecule has 7 heteroatoms. The van der Waals surface area contributed by atoms with Gasteiger partial charge in [-0.15, -0.1) is 0 Å². The zero-order chi connectivity index (χ0) is 18.4. The number of benzene rings is 1. The van der Waals surface area contributed by atoms with Crippen molar-refractivity contribution < 1.29 is 17.9 Å². The van der Waals surface area contributed by atoms with Gasteiger partial charge >= 0.3 is 0 Å². The van der Waals surface area contributed by atoms with Crippen molar-refractivity contribution in [3.8, 4) is 5.75 Å². The van der Waals surface area contributed by atoms with Gasteiger partial charge in [-0.1, -0.05) is 18.2 Å². The largest absolute Gasteiger partial charge is 0.487 e. The third-order valence-corrected chi connectivity index (χ3v) is 5.34. The minimum absolute atomic E-state index is 0.338. The van der Waals surface area contributed by atoms with Crippen molar-refractivity contribution >= 4 is 15.7 Å². The fourth-order valence-electron chi connectivity index (χ4n) is 2.12. The molecule has 134 valence electrons. The third-order valence-electron chi connectivity index (χ3n) is 3.84. The minimum atomic E-state index is -3.42. The predicted octanol–water partition coefficient (Wildman–Crippen LogP) is 2.27. The van der Waals surface area contributed by atoms with Gasteiger partial charge in [-0.2, -0.15) is 0 Å². The van der Waals surface area contributed by atoms with E-state index >= 15 is 0 Å². The van der Waals surface area contributed by atoms with Crippen molar-refractivity contribution in [1.29, 1.82) is 0 Å². The molecular formula is C18H22N2O4S. The third kappa shape index (κ3) is 5.56. The highest BCUT2D eigenvalue weighted by atomic mass is 32.2. The summed E-state index contributed by atoms with van der Waals surface area (Å²) < 4.78 is 28.7. The van der Waals surface area contributed by atoms with E-state index in [0.717, 1.165) is 17.5 Å². The molecule has 0 radical (unpaired) electrons. The molecule has 2 atom stereocenters. The first kappa shape index (κ1) is 18.9. The van der Waals surface area contributed by atoms with Crippen molar-refractivity contribution in [2.75, 3.05) is 6.26 Å². The summed E-state index contributed by atoms with van der Waals surface area (Å²) in [5.74, 6) is 0.134. The summed E-state index contributed by atoms with van der Waals surface area (Å²) in [4.78, 5) is 16.2. The summed E-state index contributed by atoms with van der Waals surface area (Å²) in [7, 11) is -3.42. The van der Waals surface area contributed by atoms with Crippen molar-refractivity contribution in [3.05, 3.63) is 59.9 Å². The number of hydrogen-bond donors (Lipinski definition) is 1. The molecule has 0 unspecified atom stereocenters. The Balaban J connectivity index is 2.01. The van der Waals surface area contributed by atoms with Crippen molar-refractivity contribution in [3.63, 3.8) is 0 Å². The highest BCUT2D eigenvalue weighted by Crippen LogP contribution is 2.20. The molecule has 1 N–H and O–H groups in total. The Hall–Kier alpha value is -2.41. The maximum absolute atomic E-state index is 12.0. The summed E-state index contributed by atoms with van der Waals surface area (Å²) in [5, 5.41) is 1.63. The highest BCUT2D eigenvalue weighted by molar-refractivity contribution is 7.92. The summed E-state index contributed by atoms with van der Waals surface area (Å²) in [5.41, 5.74) is 1.64. The van der Waals surface area contributed by atoms with Gasteiger partial charge in [0.15, 0.2) is 9.84 Å². The second-order valence-corrected chi connectivity index (χ2v) is 8.25. The first-order valence-electron chi connectivity index (χ1n) is 7.89. The van der Waals surface area contributed by atoms with Gasteiger partial charge in [-0.25, -0.2) is 8.42 Å². The number of aromatic nitrogens is 1. The number of pyridine rings is 1. The highest BCUT2D eigenvalue weighted by Gasteiger charge is 2.24. The minimum Gasteiger partial charge on any atom is -0.487 e. The molecule has 6 nitrogen and oxygen atoms in total. The van der Waals surface area contributed by atoms with Gasteiger partial charge in [0, 0.05) is 12.5 Å². The number of ether oxygens (including phenoxy) is 1. The smallest absolute Gasteiger partial charge is 0.238 e. The summed E-state index contributed by atoms with van der Waals surface area (Å²) in [6.07, 6.45) is 2.75. The lowest BCUT2D eigenvalue weighted by Gasteiger charge is -2.18. The van der Waals surface area contributed by atoms with E-state index in [9.17, 15) is 13.2 Å². The second-order valence-electron chi connectivity index (χ2n) is 5.88. The van der Waals surface area contributed by atoms with Crippen LogP contribution < -0.4 is 10.1 Å². The molecule has 25 heavy (non-hydrogen) atoms. The topological polar surface area (TPSA) is 85.4 Å². The van der Waals surface area contributed by atoms with Gasteiger partial charge in [-0.05, 0) is 43.7 Å². The molecule has 0 fully saturated rings. The molecule has 0 bridgehead atoms. The van der Waals surface area contributed by atoms with Crippen LogP contribution in [0.1, 0.15) is 31.1 Å². The molecular weight excluding hydrogens is 340 g/mol. The number of carbonyl (C=O) groups excluding carboxylic acids is 1. The van der Waals surface area contributed by atoms with Crippen LogP contribution in [0.4, 0.5) is 0 Å². The molecule has 1 heterocycles. The van der Waals surface area contributed by atoms with Crippen LogP contribution in [0.2, 0.25) is 0 Å². The SMILES string of the molecule is C[C@H](C(=O)N[C@H](C)c1cccc(OCc2ccccn2)c1)S(C)(=O)=O. The number of hydrogen-bond acceptors (Lipinski definition) is 5. The lowest BCUT2D eigenvalue weighted by atomic mass is 10.1. The molecule has 1 aromatic carbocycles. The van der Waals surface area contributed by atoms with E-state index < -0.39 is 21.0 Å². The molecule has 2 aromatic rings. The van der Waals surface area contributed by atoms with Crippen molar-refractivity contribution in [2.24, 2.45) is 0 Å². The zero-order valence-corrected chi connectivity index (χ0v) is 15.3. The molecule has 1 aromatic heterocycles. The number of amides is 1. The first-order chi connectivity index (χ1) is 11.8. The number of carbonyl (C=O) groups is 1. The molecule has 0 aliphatic heterocycles.